The smallest absolute Gasteiger partial charge is 0.309 e. The number of carbonyl (C=O) groups excluding carboxylic acids is 1. The maximum atomic E-state index is 12.9. The van der Waals surface area contributed by atoms with Gasteiger partial charge in [-0.25, -0.2) is 5.06 Å². The van der Waals surface area contributed by atoms with Crippen LogP contribution in [-0.2, 0) is 29.9 Å². The maximum absolute atomic E-state index is 12.9. The second-order valence-electron chi connectivity index (χ2n) is 5.72. The standard InChI is InChI=1S/C17H26NO5P/c1-3-22-24(20,23-4-2)17-11-10-16(12-17)18(14-19)21-13-15-8-6-5-7-9-15/h5-9,14,16-17H,3-4,10-13H2,1-2H3. The molecule has 1 amide bonds. The molecular formula is C17H26NO5P. The predicted molar refractivity (Wildman–Crippen MR) is 91.4 cm³/mol. The van der Waals surface area contributed by atoms with Crippen LogP contribution in [0.5, 0.6) is 0 Å². The fourth-order valence-corrected chi connectivity index (χ4v) is 5.19. The lowest BCUT2D eigenvalue weighted by molar-refractivity contribution is -0.191. The van der Waals surface area contributed by atoms with E-state index in [0.717, 1.165) is 12.0 Å². The quantitative estimate of drug-likeness (QED) is 0.363. The van der Waals surface area contributed by atoms with Crippen LogP contribution in [0.25, 0.3) is 0 Å². The van der Waals surface area contributed by atoms with Crippen molar-refractivity contribution in [2.45, 2.75) is 51.4 Å². The minimum atomic E-state index is -3.13. The molecule has 1 aliphatic rings. The van der Waals surface area contributed by atoms with E-state index >= 15 is 0 Å². The number of rotatable bonds is 10. The monoisotopic (exact) mass is 355 g/mol. The highest BCUT2D eigenvalue weighted by molar-refractivity contribution is 7.54. The van der Waals surface area contributed by atoms with Gasteiger partial charge in [-0.3, -0.25) is 14.2 Å². The van der Waals surface area contributed by atoms with Crippen molar-refractivity contribution >= 4 is 14.0 Å². The topological polar surface area (TPSA) is 65.1 Å². The van der Waals surface area contributed by atoms with Crippen molar-refractivity contribution in [3.8, 4) is 0 Å². The largest absolute Gasteiger partial charge is 0.333 e. The SMILES string of the molecule is CCOP(=O)(OCC)C1CCC(N(C=O)OCc2ccccc2)C1. The van der Waals surface area contributed by atoms with Gasteiger partial charge in [0.25, 0.3) is 0 Å². The van der Waals surface area contributed by atoms with E-state index in [0.29, 0.717) is 39.1 Å². The van der Waals surface area contributed by atoms with E-state index in [1.807, 2.05) is 30.3 Å². The van der Waals surface area contributed by atoms with E-state index < -0.39 is 7.60 Å². The van der Waals surface area contributed by atoms with E-state index in [4.69, 9.17) is 13.9 Å². The summed E-state index contributed by atoms with van der Waals surface area (Å²) in [5.41, 5.74) is 0.804. The maximum Gasteiger partial charge on any atom is 0.333 e. The first-order chi connectivity index (χ1) is 11.6. The van der Waals surface area contributed by atoms with Crippen molar-refractivity contribution < 1.29 is 23.2 Å². The van der Waals surface area contributed by atoms with Crippen LogP contribution < -0.4 is 0 Å². The molecular weight excluding hydrogens is 329 g/mol. The molecule has 2 rings (SSSR count). The summed E-state index contributed by atoms with van der Waals surface area (Å²) in [6.45, 7) is 4.63. The first kappa shape index (κ1) is 19.1. The summed E-state index contributed by atoms with van der Waals surface area (Å²) in [6.07, 6.45) is 2.68. The molecule has 7 heteroatoms. The summed E-state index contributed by atoms with van der Waals surface area (Å²) >= 11 is 0. The fourth-order valence-electron chi connectivity index (χ4n) is 3.01. The van der Waals surface area contributed by atoms with Crippen LogP contribution in [0.3, 0.4) is 0 Å². The Morgan fingerprint density at radius 3 is 2.42 bits per heavy atom. The van der Waals surface area contributed by atoms with Crippen molar-refractivity contribution in [3.63, 3.8) is 0 Å². The molecule has 0 saturated heterocycles. The Bertz CT molecular complexity index is 543. The lowest BCUT2D eigenvalue weighted by Crippen LogP contribution is -2.32. The van der Waals surface area contributed by atoms with Gasteiger partial charge in [-0.15, -0.1) is 0 Å². The third kappa shape index (κ3) is 4.90. The average molecular weight is 355 g/mol. The Balaban J connectivity index is 1.94. The highest BCUT2D eigenvalue weighted by Gasteiger charge is 2.42. The molecule has 0 aliphatic heterocycles. The minimum absolute atomic E-state index is 0.106. The summed E-state index contributed by atoms with van der Waals surface area (Å²) in [5.74, 6) is 0. The molecule has 0 bridgehead atoms. The molecule has 1 aliphatic carbocycles. The van der Waals surface area contributed by atoms with E-state index in [9.17, 15) is 9.36 Å². The second-order valence-corrected chi connectivity index (χ2v) is 8.05. The van der Waals surface area contributed by atoms with Gasteiger partial charge in [-0.05, 0) is 38.7 Å². The van der Waals surface area contributed by atoms with Crippen molar-refractivity contribution in [1.82, 2.24) is 5.06 Å². The first-order valence-corrected chi connectivity index (χ1v) is 10.0. The fraction of sp³-hybridized carbons (Fsp3) is 0.588. The Labute approximate surface area is 143 Å². The summed E-state index contributed by atoms with van der Waals surface area (Å²) < 4.78 is 23.7. The molecule has 134 valence electrons. The number of carbonyl (C=O) groups is 1. The number of hydrogen-bond acceptors (Lipinski definition) is 5. The molecule has 1 aromatic rings. The van der Waals surface area contributed by atoms with Gasteiger partial charge in [0.05, 0.1) is 24.9 Å². The Morgan fingerprint density at radius 2 is 1.83 bits per heavy atom. The van der Waals surface area contributed by atoms with Crippen LogP contribution in [0.4, 0.5) is 0 Å². The van der Waals surface area contributed by atoms with Crippen LogP contribution in [0.2, 0.25) is 0 Å². The molecule has 2 unspecified atom stereocenters. The molecule has 0 aromatic heterocycles. The number of nitrogens with zero attached hydrogens (tertiary/aromatic N) is 1. The van der Waals surface area contributed by atoms with Gasteiger partial charge in [0.1, 0.15) is 6.61 Å². The Kier molecular flexibility index (Phi) is 7.43. The lowest BCUT2D eigenvalue weighted by Gasteiger charge is -2.26. The zero-order valence-electron chi connectivity index (χ0n) is 14.3. The number of hydrogen-bond donors (Lipinski definition) is 0. The molecule has 1 fully saturated rings. The summed E-state index contributed by atoms with van der Waals surface area (Å²) in [6, 6.07) is 9.57. The average Bonchev–Trinajstić information content (AvgIpc) is 3.08. The summed E-state index contributed by atoms with van der Waals surface area (Å²) in [7, 11) is -3.13. The number of benzene rings is 1. The molecule has 0 heterocycles. The van der Waals surface area contributed by atoms with E-state index in [2.05, 4.69) is 0 Å². The lowest BCUT2D eigenvalue weighted by atomic mass is 10.2. The van der Waals surface area contributed by atoms with Crippen LogP contribution in [0.15, 0.2) is 30.3 Å². The van der Waals surface area contributed by atoms with Crippen LogP contribution in [-0.4, -0.2) is 36.4 Å². The van der Waals surface area contributed by atoms with Crippen LogP contribution in [0.1, 0.15) is 38.7 Å². The highest BCUT2D eigenvalue weighted by Crippen LogP contribution is 2.58. The third-order valence-corrected chi connectivity index (χ3v) is 6.73. The van der Waals surface area contributed by atoms with Crippen LogP contribution in [0, 0.1) is 0 Å². The van der Waals surface area contributed by atoms with Crippen molar-refractivity contribution in [2.24, 2.45) is 0 Å². The number of hydroxylamine groups is 2. The molecule has 2 atom stereocenters. The molecule has 0 N–H and O–H groups in total. The molecule has 1 saturated carbocycles. The van der Waals surface area contributed by atoms with Crippen molar-refractivity contribution in [2.75, 3.05) is 13.2 Å². The van der Waals surface area contributed by atoms with Crippen molar-refractivity contribution in [1.29, 1.82) is 0 Å². The zero-order valence-corrected chi connectivity index (χ0v) is 15.2. The first-order valence-electron chi connectivity index (χ1n) is 8.42. The van der Waals surface area contributed by atoms with E-state index in [-0.39, 0.29) is 11.7 Å². The summed E-state index contributed by atoms with van der Waals surface area (Å²) in [5, 5.41) is 1.34. The normalized spacial score (nSPS) is 20.9. The zero-order chi connectivity index (χ0) is 17.4. The highest BCUT2D eigenvalue weighted by atomic mass is 31.2. The predicted octanol–water partition coefficient (Wildman–Crippen LogP) is 3.76. The molecule has 0 spiro atoms. The van der Waals surface area contributed by atoms with Gasteiger partial charge in [-0.2, -0.15) is 0 Å². The Morgan fingerprint density at radius 1 is 1.17 bits per heavy atom. The third-order valence-electron chi connectivity index (χ3n) is 4.13. The molecule has 1 aromatic carbocycles. The van der Waals surface area contributed by atoms with Gasteiger partial charge in [0.2, 0.25) is 6.41 Å². The number of amides is 1. The van der Waals surface area contributed by atoms with Gasteiger partial charge in [0, 0.05) is 0 Å². The van der Waals surface area contributed by atoms with Crippen molar-refractivity contribution in [3.05, 3.63) is 35.9 Å². The van der Waals surface area contributed by atoms with Gasteiger partial charge >= 0.3 is 7.60 Å². The molecule has 6 nitrogen and oxygen atoms in total. The molecule has 24 heavy (non-hydrogen) atoms. The van der Waals surface area contributed by atoms with Crippen LogP contribution >= 0.6 is 7.60 Å². The summed E-state index contributed by atoms with van der Waals surface area (Å²) in [4.78, 5) is 17.0. The van der Waals surface area contributed by atoms with E-state index in [1.165, 1.54) is 5.06 Å². The van der Waals surface area contributed by atoms with E-state index in [1.54, 1.807) is 13.8 Å². The minimum Gasteiger partial charge on any atom is -0.309 e. The van der Waals surface area contributed by atoms with Gasteiger partial charge in [0.15, 0.2) is 0 Å². The second kappa shape index (κ2) is 9.33. The Hall–Kier alpha value is -1.20. The molecule has 0 radical (unpaired) electrons. The van der Waals surface area contributed by atoms with Gasteiger partial charge in [-0.1, -0.05) is 30.3 Å². The van der Waals surface area contributed by atoms with Gasteiger partial charge < -0.3 is 9.05 Å².